The molecule has 0 N–H and O–H groups in total. The maximum Gasteiger partial charge on any atom is 0.192 e. The molecule has 0 heterocycles. The van der Waals surface area contributed by atoms with Crippen molar-refractivity contribution < 1.29 is 4.43 Å². The van der Waals surface area contributed by atoms with Crippen LogP contribution in [0.2, 0.25) is 18.1 Å². The van der Waals surface area contributed by atoms with Gasteiger partial charge in [-0.15, -0.1) is 0 Å². The van der Waals surface area contributed by atoms with Gasteiger partial charge in [0.2, 0.25) is 0 Å². The SMILES string of the molecule is CC(C)(C)[Si](C)(C)OC(CBr)c1ccc(-c2ccccc2)cc1. The standard InChI is InChI=1S/C20H27BrOSi/c1-20(2,3)23(4,5)22-19(15-21)18-13-11-17(12-14-18)16-9-7-6-8-10-16/h6-14,19H,15H2,1-5H3. The van der Waals surface area contributed by atoms with Crippen LogP contribution < -0.4 is 0 Å². The van der Waals surface area contributed by atoms with Crippen LogP contribution in [0.5, 0.6) is 0 Å². The van der Waals surface area contributed by atoms with Crippen LogP contribution in [0.15, 0.2) is 54.6 Å². The van der Waals surface area contributed by atoms with E-state index in [1.165, 1.54) is 16.7 Å². The highest BCUT2D eigenvalue weighted by Crippen LogP contribution is 2.40. The average Bonchev–Trinajstić information content (AvgIpc) is 2.52. The molecule has 1 nitrogen and oxygen atoms in total. The summed E-state index contributed by atoms with van der Waals surface area (Å²) in [6.45, 7) is 11.5. The number of hydrogen-bond acceptors (Lipinski definition) is 1. The minimum absolute atomic E-state index is 0.112. The Hall–Kier alpha value is -0.903. The first-order chi connectivity index (χ1) is 10.7. The smallest absolute Gasteiger partial charge is 0.192 e. The topological polar surface area (TPSA) is 9.23 Å². The fourth-order valence-corrected chi connectivity index (χ4v) is 4.28. The van der Waals surface area contributed by atoms with Gasteiger partial charge < -0.3 is 4.43 Å². The van der Waals surface area contributed by atoms with E-state index in [9.17, 15) is 0 Å². The molecule has 1 unspecified atom stereocenters. The Kier molecular flexibility index (Phi) is 5.87. The van der Waals surface area contributed by atoms with Crippen LogP contribution in [0.25, 0.3) is 11.1 Å². The van der Waals surface area contributed by atoms with Gasteiger partial charge in [0.1, 0.15) is 0 Å². The summed E-state index contributed by atoms with van der Waals surface area (Å²) in [5.74, 6) is 0. The number of rotatable bonds is 5. The normalized spacial score (nSPS) is 13.8. The van der Waals surface area contributed by atoms with E-state index in [-0.39, 0.29) is 11.1 Å². The molecule has 0 aliphatic carbocycles. The van der Waals surface area contributed by atoms with Crippen LogP contribution in [-0.2, 0) is 4.43 Å². The van der Waals surface area contributed by atoms with Gasteiger partial charge in [-0.25, -0.2) is 0 Å². The zero-order valence-corrected chi connectivity index (χ0v) is 17.4. The molecule has 0 radical (unpaired) electrons. The third-order valence-corrected chi connectivity index (χ3v) is 9.85. The van der Waals surface area contributed by atoms with E-state index in [1.807, 2.05) is 6.07 Å². The minimum atomic E-state index is -1.78. The summed E-state index contributed by atoms with van der Waals surface area (Å²) >= 11 is 3.63. The third kappa shape index (κ3) is 4.56. The van der Waals surface area contributed by atoms with Crippen molar-refractivity contribution in [2.45, 2.75) is 45.0 Å². The van der Waals surface area contributed by atoms with Crippen LogP contribution in [0.1, 0.15) is 32.4 Å². The quantitative estimate of drug-likeness (QED) is 0.402. The number of halogens is 1. The van der Waals surface area contributed by atoms with Crippen LogP contribution in [0.4, 0.5) is 0 Å². The second-order valence-corrected chi connectivity index (χ2v) is 12.9. The van der Waals surface area contributed by atoms with E-state index in [2.05, 4.69) is 98.3 Å². The van der Waals surface area contributed by atoms with E-state index in [1.54, 1.807) is 0 Å². The lowest BCUT2D eigenvalue weighted by molar-refractivity contribution is 0.208. The summed E-state index contributed by atoms with van der Waals surface area (Å²) < 4.78 is 6.58. The molecule has 0 spiro atoms. The molecule has 2 aromatic carbocycles. The summed E-state index contributed by atoms with van der Waals surface area (Å²) in [5, 5.41) is 1.04. The molecule has 0 amide bonds. The maximum atomic E-state index is 6.58. The zero-order chi connectivity index (χ0) is 17.1. The van der Waals surface area contributed by atoms with Gasteiger partial charge in [-0.3, -0.25) is 0 Å². The van der Waals surface area contributed by atoms with Crippen LogP contribution in [0, 0.1) is 0 Å². The maximum absolute atomic E-state index is 6.58. The first kappa shape index (κ1) is 18.4. The fourth-order valence-electron chi connectivity index (χ4n) is 2.24. The number of alkyl halides is 1. The molecule has 0 aliphatic heterocycles. The first-order valence-corrected chi connectivity index (χ1v) is 12.2. The van der Waals surface area contributed by atoms with Crippen molar-refractivity contribution in [1.29, 1.82) is 0 Å². The molecular weight excluding hydrogens is 364 g/mol. The molecule has 2 rings (SSSR count). The summed E-state index contributed by atoms with van der Waals surface area (Å²) in [6, 6.07) is 19.3. The molecular formula is C20H27BrOSi. The van der Waals surface area contributed by atoms with Crippen molar-refractivity contribution in [2.75, 3.05) is 5.33 Å². The molecule has 0 saturated heterocycles. The second kappa shape index (κ2) is 7.33. The van der Waals surface area contributed by atoms with Crippen LogP contribution in [0.3, 0.4) is 0 Å². The zero-order valence-electron chi connectivity index (χ0n) is 14.8. The highest BCUT2D eigenvalue weighted by molar-refractivity contribution is 9.09. The summed E-state index contributed by atoms with van der Waals surface area (Å²) in [4.78, 5) is 0. The van der Waals surface area contributed by atoms with E-state index >= 15 is 0 Å². The minimum Gasteiger partial charge on any atom is -0.409 e. The van der Waals surface area contributed by atoms with E-state index in [4.69, 9.17) is 4.43 Å². The van der Waals surface area contributed by atoms with E-state index in [0.717, 1.165) is 5.33 Å². The Morgan fingerprint density at radius 1 is 0.913 bits per heavy atom. The van der Waals surface area contributed by atoms with Crippen molar-refractivity contribution in [2.24, 2.45) is 0 Å². The molecule has 0 fully saturated rings. The lowest BCUT2D eigenvalue weighted by atomic mass is 10.0. The highest BCUT2D eigenvalue weighted by atomic mass is 79.9. The van der Waals surface area contributed by atoms with E-state index < -0.39 is 8.32 Å². The summed E-state index contributed by atoms with van der Waals surface area (Å²) in [6.07, 6.45) is 0.112. The van der Waals surface area contributed by atoms with Gasteiger partial charge in [0.25, 0.3) is 0 Å². The lowest BCUT2D eigenvalue weighted by Crippen LogP contribution is -2.42. The van der Waals surface area contributed by atoms with Gasteiger partial charge in [0.15, 0.2) is 8.32 Å². The largest absolute Gasteiger partial charge is 0.409 e. The van der Waals surface area contributed by atoms with Crippen LogP contribution >= 0.6 is 15.9 Å². The predicted molar refractivity (Wildman–Crippen MR) is 107 cm³/mol. The summed E-state index contributed by atoms with van der Waals surface area (Å²) in [7, 11) is -1.78. The molecule has 0 bridgehead atoms. The Morgan fingerprint density at radius 2 is 1.43 bits per heavy atom. The molecule has 124 valence electrons. The molecule has 3 heteroatoms. The van der Waals surface area contributed by atoms with Crippen molar-refractivity contribution in [3.05, 3.63) is 60.2 Å². The van der Waals surface area contributed by atoms with Gasteiger partial charge >= 0.3 is 0 Å². The van der Waals surface area contributed by atoms with Gasteiger partial charge in [0, 0.05) is 5.33 Å². The Morgan fingerprint density at radius 3 is 1.91 bits per heavy atom. The van der Waals surface area contributed by atoms with Crippen LogP contribution in [-0.4, -0.2) is 13.6 Å². The van der Waals surface area contributed by atoms with Gasteiger partial charge in [-0.1, -0.05) is 91.3 Å². The lowest BCUT2D eigenvalue weighted by Gasteiger charge is -2.39. The molecule has 1 atom stereocenters. The van der Waals surface area contributed by atoms with Crippen molar-refractivity contribution >= 4 is 24.2 Å². The van der Waals surface area contributed by atoms with Crippen molar-refractivity contribution in [3.8, 4) is 11.1 Å². The Bertz CT molecular complexity index is 614. The average molecular weight is 391 g/mol. The van der Waals surface area contributed by atoms with E-state index in [0.29, 0.717) is 0 Å². The molecule has 23 heavy (non-hydrogen) atoms. The molecule has 0 aromatic heterocycles. The monoisotopic (exact) mass is 390 g/mol. The number of benzene rings is 2. The first-order valence-electron chi connectivity index (χ1n) is 8.14. The summed E-state index contributed by atoms with van der Waals surface area (Å²) in [5.41, 5.74) is 3.74. The second-order valence-electron chi connectivity index (χ2n) is 7.51. The fraction of sp³-hybridized carbons (Fsp3) is 0.400. The molecule has 0 aliphatic rings. The van der Waals surface area contributed by atoms with Crippen molar-refractivity contribution in [1.82, 2.24) is 0 Å². The predicted octanol–water partition coefficient (Wildman–Crippen LogP) is 6.81. The highest BCUT2D eigenvalue weighted by Gasteiger charge is 2.39. The van der Waals surface area contributed by atoms with Crippen molar-refractivity contribution in [3.63, 3.8) is 0 Å². The molecule has 0 saturated carbocycles. The van der Waals surface area contributed by atoms with Gasteiger partial charge in [0.05, 0.1) is 6.10 Å². The Balaban J connectivity index is 2.20. The Labute approximate surface area is 150 Å². The number of hydrogen-bond donors (Lipinski definition) is 0. The molecule has 2 aromatic rings. The van der Waals surface area contributed by atoms with Gasteiger partial charge in [-0.2, -0.15) is 0 Å². The van der Waals surface area contributed by atoms with Gasteiger partial charge in [-0.05, 0) is 34.8 Å². The third-order valence-electron chi connectivity index (χ3n) is 4.77.